The number of aromatic nitrogens is 1. The maximum absolute atomic E-state index is 6.08. The fourth-order valence-electron chi connectivity index (χ4n) is 2.76. The van der Waals surface area contributed by atoms with Crippen molar-refractivity contribution < 1.29 is 0 Å². The van der Waals surface area contributed by atoms with Gasteiger partial charge >= 0.3 is 0 Å². The largest absolute Gasteiger partial charge is 0.398 e. The van der Waals surface area contributed by atoms with Crippen molar-refractivity contribution in [2.75, 3.05) is 23.7 Å². The predicted molar refractivity (Wildman–Crippen MR) is 81.9 cm³/mol. The molecule has 3 nitrogen and oxygen atoms in total. The summed E-state index contributed by atoms with van der Waals surface area (Å²) in [5.74, 6) is 0. The van der Waals surface area contributed by atoms with Gasteiger partial charge in [0.15, 0.2) is 0 Å². The van der Waals surface area contributed by atoms with Crippen LogP contribution in [0.1, 0.15) is 22.6 Å². The van der Waals surface area contributed by atoms with E-state index in [0.29, 0.717) is 0 Å². The molecule has 3 rings (SSSR count). The molecule has 0 saturated carbocycles. The normalized spacial score (nSPS) is 14.5. The summed E-state index contributed by atoms with van der Waals surface area (Å²) in [5.41, 5.74) is 12.8. The smallest absolute Gasteiger partial charge is 0.0797 e. The summed E-state index contributed by atoms with van der Waals surface area (Å²) in [5, 5.41) is 0. The zero-order valence-corrected chi connectivity index (χ0v) is 12.0. The second kappa shape index (κ2) is 5.21. The fraction of sp³-hybridized carbons (Fsp3) is 0.400. The summed E-state index contributed by atoms with van der Waals surface area (Å²) in [4.78, 5) is 8.18. The lowest BCUT2D eigenvalue weighted by Gasteiger charge is -2.32. The summed E-state index contributed by atoms with van der Waals surface area (Å²) >= 11 is 1.76. The van der Waals surface area contributed by atoms with Crippen molar-refractivity contribution in [2.45, 2.75) is 26.2 Å². The Morgan fingerprint density at radius 2 is 2.32 bits per heavy atom. The van der Waals surface area contributed by atoms with Gasteiger partial charge in [0.1, 0.15) is 0 Å². The van der Waals surface area contributed by atoms with Crippen molar-refractivity contribution >= 4 is 22.7 Å². The first-order valence-corrected chi connectivity index (χ1v) is 7.65. The standard InChI is InChI=1S/C15H19N3S/c1-11-15(19-10-17-11)7-9-18-8-3-4-12-13(16)5-2-6-14(12)18/h2,5-6,10H,3-4,7-9,16H2,1H3. The van der Waals surface area contributed by atoms with Gasteiger partial charge in [0, 0.05) is 35.8 Å². The van der Waals surface area contributed by atoms with Gasteiger partial charge in [-0.25, -0.2) is 4.98 Å². The van der Waals surface area contributed by atoms with Crippen LogP contribution < -0.4 is 10.6 Å². The van der Waals surface area contributed by atoms with E-state index < -0.39 is 0 Å². The van der Waals surface area contributed by atoms with E-state index in [2.05, 4.69) is 28.9 Å². The van der Waals surface area contributed by atoms with Gasteiger partial charge in [-0.15, -0.1) is 11.3 Å². The average molecular weight is 273 g/mol. The number of nitrogens with two attached hydrogens (primary N) is 1. The minimum absolute atomic E-state index is 0.941. The van der Waals surface area contributed by atoms with Gasteiger partial charge in [-0.1, -0.05) is 6.07 Å². The summed E-state index contributed by atoms with van der Waals surface area (Å²) in [6, 6.07) is 6.27. The lowest BCUT2D eigenvalue weighted by molar-refractivity contribution is 0.690. The number of fused-ring (bicyclic) bond motifs is 1. The van der Waals surface area contributed by atoms with E-state index in [1.54, 1.807) is 11.3 Å². The van der Waals surface area contributed by atoms with Crippen LogP contribution in [0.2, 0.25) is 0 Å². The number of rotatable bonds is 3. The molecule has 1 aromatic carbocycles. The molecular formula is C15H19N3S. The molecule has 0 saturated heterocycles. The Labute approximate surface area is 118 Å². The quantitative estimate of drug-likeness (QED) is 0.874. The minimum Gasteiger partial charge on any atom is -0.398 e. The third-order valence-electron chi connectivity index (χ3n) is 3.84. The van der Waals surface area contributed by atoms with E-state index in [1.807, 2.05) is 11.6 Å². The number of aryl methyl sites for hydroxylation is 1. The highest BCUT2D eigenvalue weighted by Crippen LogP contribution is 2.31. The van der Waals surface area contributed by atoms with Crippen molar-refractivity contribution in [1.29, 1.82) is 0 Å². The van der Waals surface area contributed by atoms with Crippen LogP contribution in [0, 0.1) is 6.92 Å². The second-order valence-corrected chi connectivity index (χ2v) is 5.99. The van der Waals surface area contributed by atoms with Gasteiger partial charge in [0.2, 0.25) is 0 Å². The molecule has 0 aliphatic carbocycles. The summed E-state index contributed by atoms with van der Waals surface area (Å²) in [6.07, 6.45) is 3.38. The molecule has 0 radical (unpaired) electrons. The fourth-order valence-corrected chi connectivity index (χ4v) is 3.53. The molecule has 2 heterocycles. The lowest BCUT2D eigenvalue weighted by Crippen LogP contribution is -2.31. The van der Waals surface area contributed by atoms with E-state index in [-0.39, 0.29) is 0 Å². The Balaban J connectivity index is 1.77. The van der Waals surface area contributed by atoms with Gasteiger partial charge in [-0.05, 0) is 37.5 Å². The molecule has 0 bridgehead atoms. The number of anilines is 2. The third kappa shape index (κ3) is 2.45. The van der Waals surface area contributed by atoms with Crippen molar-refractivity contribution in [1.82, 2.24) is 4.98 Å². The first-order valence-electron chi connectivity index (χ1n) is 6.77. The maximum atomic E-state index is 6.08. The molecule has 2 aromatic rings. The Hall–Kier alpha value is -1.55. The zero-order valence-electron chi connectivity index (χ0n) is 11.2. The molecule has 1 aliphatic rings. The predicted octanol–water partition coefficient (Wildman–Crippen LogP) is 3.03. The Morgan fingerprint density at radius 1 is 1.42 bits per heavy atom. The van der Waals surface area contributed by atoms with E-state index in [4.69, 9.17) is 5.73 Å². The van der Waals surface area contributed by atoms with Gasteiger partial charge in [0.25, 0.3) is 0 Å². The van der Waals surface area contributed by atoms with Crippen LogP contribution in [-0.2, 0) is 12.8 Å². The first-order chi connectivity index (χ1) is 9.25. The van der Waals surface area contributed by atoms with Crippen LogP contribution in [0.25, 0.3) is 0 Å². The van der Waals surface area contributed by atoms with Crippen LogP contribution in [0.5, 0.6) is 0 Å². The number of nitrogens with zero attached hydrogens (tertiary/aromatic N) is 2. The number of hydrogen-bond acceptors (Lipinski definition) is 4. The van der Waals surface area contributed by atoms with Crippen molar-refractivity contribution in [3.05, 3.63) is 39.8 Å². The molecule has 0 unspecified atom stereocenters. The van der Waals surface area contributed by atoms with Crippen molar-refractivity contribution in [3.63, 3.8) is 0 Å². The van der Waals surface area contributed by atoms with Crippen molar-refractivity contribution in [3.8, 4) is 0 Å². The summed E-state index contributed by atoms with van der Waals surface area (Å²) in [6.45, 7) is 4.28. The second-order valence-electron chi connectivity index (χ2n) is 5.05. The number of hydrogen-bond donors (Lipinski definition) is 1. The Bertz CT molecular complexity index is 577. The molecule has 19 heavy (non-hydrogen) atoms. The molecule has 1 aromatic heterocycles. The van der Waals surface area contributed by atoms with Crippen LogP contribution in [0.3, 0.4) is 0 Å². The number of benzene rings is 1. The van der Waals surface area contributed by atoms with E-state index >= 15 is 0 Å². The van der Waals surface area contributed by atoms with Crippen LogP contribution >= 0.6 is 11.3 Å². The average Bonchev–Trinajstić information content (AvgIpc) is 2.82. The van der Waals surface area contributed by atoms with E-state index in [9.17, 15) is 0 Å². The SMILES string of the molecule is Cc1ncsc1CCN1CCCc2c(N)cccc21. The lowest BCUT2D eigenvalue weighted by atomic mass is 9.99. The van der Waals surface area contributed by atoms with E-state index in [1.165, 1.54) is 28.2 Å². The van der Waals surface area contributed by atoms with Gasteiger partial charge in [-0.2, -0.15) is 0 Å². The highest BCUT2D eigenvalue weighted by atomic mass is 32.1. The number of thiazole rings is 1. The van der Waals surface area contributed by atoms with Gasteiger partial charge in [-0.3, -0.25) is 0 Å². The maximum Gasteiger partial charge on any atom is 0.0797 e. The molecule has 100 valence electrons. The molecule has 0 atom stereocenters. The molecule has 0 spiro atoms. The first kappa shape index (κ1) is 12.5. The Morgan fingerprint density at radius 3 is 3.11 bits per heavy atom. The molecule has 4 heteroatoms. The molecule has 0 amide bonds. The van der Waals surface area contributed by atoms with E-state index in [0.717, 1.165) is 31.6 Å². The van der Waals surface area contributed by atoms with Crippen LogP contribution in [-0.4, -0.2) is 18.1 Å². The monoisotopic (exact) mass is 273 g/mol. The molecule has 1 aliphatic heterocycles. The summed E-state index contributed by atoms with van der Waals surface area (Å²) < 4.78 is 0. The van der Waals surface area contributed by atoms with Crippen LogP contribution in [0.4, 0.5) is 11.4 Å². The van der Waals surface area contributed by atoms with Crippen LogP contribution in [0.15, 0.2) is 23.7 Å². The topological polar surface area (TPSA) is 42.2 Å². The zero-order chi connectivity index (χ0) is 13.2. The third-order valence-corrected chi connectivity index (χ3v) is 4.83. The minimum atomic E-state index is 0.941. The summed E-state index contributed by atoms with van der Waals surface area (Å²) in [7, 11) is 0. The Kier molecular flexibility index (Phi) is 3.42. The molecule has 2 N–H and O–H groups in total. The van der Waals surface area contributed by atoms with Gasteiger partial charge < -0.3 is 10.6 Å². The van der Waals surface area contributed by atoms with Crippen molar-refractivity contribution in [2.24, 2.45) is 0 Å². The van der Waals surface area contributed by atoms with Gasteiger partial charge in [0.05, 0.1) is 11.2 Å². The highest BCUT2D eigenvalue weighted by molar-refractivity contribution is 7.09. The number of nitrogen functional groups attached to an aromatic ring is 1. The highest BCUT2D eigenvalue weighted by Gasteiger charge is 2.18. The molecular weight excluding hydrogens is 254 g/mol. The molecule has 0 fully saturated rings.